The molecule has 4 atom stereocenters. The van der Waals surface area contributed by atoms with Crippen molar-refractivity contribution in [2.45, 2.75) is 57.7 Å². The van der Waals surface area contributed by atoms with Gasteiger partial charge < -0.3 is 21.1 Å². The van der Waals surface area contributed by atoms with Gasteiger partial charge in [-0.05, 0) is 25.0 Å². The van der Waals surface area contributed by atoms with E-state index in [4.69, 9.17) is 5.73 Å². The molecule has 188 valence electrons. The second-order valence-electron chi connectivity index (χ2n) is 8.73. The van der Waals surface area contributed by atoms with Crippen LogP contribution in [0, 0.1) is 23.4 Å². The number of aliphatic carboxylic acids is 1. The number of nitrogens with two attached hydrogens (primary N) is 1. The number of hydrogen-bond donors (Lipinski definition) is 3. The van der Waals surface area contributed by atoms with Gasteiger partial charge in [0.25, 0.3) is 0 Å². The van der Waals surface area contributed by atoms with Crippen LogP contribution in [0.4, 0.5) is 13.2 Å². The van der Waals surface area contributed by atoms with Gasteiger partial charge in [0.15, 0.2) is 16.7 Å². The molecule has 1 aromatic rings. The number of rotatable bonds is 9. The standard InChI is InChI=1S/C22H28F3N3O5S/c1-11(10-34-12(2)29)20(31)28-9-15(8-22(28,3)21(32)33)27-19(30)6-14(26)4-13-5-17(24)18(25)7-16(13)23/h5,7,11,14-15H,4,6,8-10,26H2,1-3H3,(H,27,30)(H,32,33)/t11-,14-,15+,22+/m1/s1. The maximum Gasteiger partial charge on any atom is 0.329 e. The van der Waals surface area contributed by atoms with Gasteiger partial charge in [-0.1, -0.05) is 18.7 Å². The highest BCUT2D eigenvalue weighted by Gasteiger charge is 2.51. The molecule has 0 unspecified atom stereocenters. The molecule has 4 N–H and O–H groups in total. The minimum atomic E-state index is -1.55. The summed E-state index contributed by atoms with van der Waals surface area (Å²) in [6, 6.07) is -0.484. The van der Waals surface area contributed by atoms with E-state index in [1.165, 1.54) is 18.7 Å². The van der Waals surface area contributed by atoms with Gasteiger partial charge in [-0.3, -0.25) is 14.4 Å². The van der Waals surface area contributed by atoms with Crippen LogP contribution in [-0.4, -0.2) is 62.8 Å². The molecule has 2 amide bonds. The van der Waals surface area contributed by atoms with Crippen molar-refractivity contribution in [3.8, 4) is 0 Å². The molecule has 1 fully saturated rings. The van der Waals surface area contributed by atoms with Crippen molar-refractivity contribution >= 4 is 34.7 Å². The molecule has 1 aliphatic heterocycles. The number of nitrogens with one attached hydrogen (secondary N) is 1. The summed E-state index contributed by atoms with van der Waals surface area (Å²) in [5, 5.41) is 12.2. The van der Waals surface area contributed by atoms with Gasteiger partial charge >= 0.3 is 5.97 Å². The summed E-state index contributed by atoms with van der Waals surface area (Å²) >= 11 is 0.968. The number of carbonyl (C=O) groups excluding carboxylic acids is 3. The van der Waals surface area contributed by atoms with Crippen LogP contribution in [0.1, 0.15) is 39.2 Å². The molecule has 0 bridgehead atoms. The number of carboxylic acid groups (broad SMARTS) is 1. The number of benzene rings is 1. The molecule has 0 radical (unpaired) electrons. The minimum Gasteiger partial charge on any atom is -0.480 e. The normalized spacial score (nSPS) is 21.7. The van der Waals surface area contributed by atoms with Crippen molar-refractivity contribution in [3.63, 3.8) is 0 Å². The average Bonchev–Trinajstić information content (AvgIpc) is 3.06. The van der Waals surface area contributed by atoms with Gasteiger partial charge in [0.2, 0.25) is 11.8 Å². The summed E-state index contributed by atoms with van der Waals surface area (Å²) in [7, 11) is 0. The summed E-state index contributed by atoms with van der Waals surface area (Å²) in [6.45, 7) is 4.32. The highest BCUT2D eigenvalue weighted by Crippen LogP contribution is 2.32. The third-order valence-corrected chi connectivity index (χ3v) is 6.78. The van der Waals surface area contributed by atoms with E-state index in [2.05, 4.69) is 5.32 Å². The average molecular weight is 504 g/mol. The fourth-order valence-corrected chi connectivity index (χ4v) is 4.52. The molecule has 1 saturated heterocycles. The number of thioether (sulfide) groups is 1. The van der Waals surface area contributed by atoms with E-state index in [1.807, 2.05) is 0 Å². The molecule has 0 spiro atoms. The van der Waals surface area contributed by atoms with E-state index in [1.54, 1.807) is 6.92 Å². The number of nitrogens with zero attached hydrogens (tertiary/aromatic N) is 1. The molecular formula is C22H28F3N3O5S. The second-order valence-corrected chi connectivity index (χ2v) is 9.92. The van der Waals surface area contributed by atoms with Gasteiger partial charge in [-0.15, -0.1) is 0 Å². The summed E-state index contributed by atoms with van der Waals surface area (Å²) < 4.78 is 40.3. The molecule has 1 aromatic carbocycles. The fourth-order valence-electron chi connectivity index (χ4n) is 3.89. The monoisotopic (exact) mass is 503 g/mol. The molecule has 0 aliphatic carbocycles. The van der Waals surface area contributed by atoms with Crippen molar-refractivity contribution < 1.29 is 37.5 Å². The zero-order valence-electron chi connectivity index (χ0n) is 19.1. The molecule has 2 rings (SSSR count). The number of carboxylic acids is 1. The van der Waals surface area contributed by atoms with Crippen molar-refractivity contribution in [2.24, 2.45) is 11.7 Å². The number of amides is 2. The van der Waals surface area contributed by atoms with Crippen LogP contribution < -0.4 is 11.1 Å². The van der Waals surface area contributed by atoms with Crippen molar-refractivity contribution in [1.82, 2.24) is 10.2 Å². The van der Waals surface area contributed by atoms with Crippen LogP contribution in [0.3, 0.4) is 0 Å². The Hall–Kier alpha value is -2.60. The third-order valence-electron chi connectivity index (χ3n) is 5.71. The molecule has 1 aliphatic rings. The topological polar surface area (TPSA) is 130 Å². The lowest BCUT2D eigenvalue weighted by molar-refractivity contribution is -0.156. The summed E-state index contributed by atoms with van der Waals surface area (Å²) in [5.41, 5.74) is 4.15. The number of likely N-dealkylation sites (tertiary alicyclic amines) is 1. The lowest BCUT2D eigenvalue weighted by Crippen LogP contribution is -2.52. The largest absolute Gasteiger partial charge is 0.480 e. The molecule has 0 saturated carbocycles. The predicted octanol–water partition coefficient (Wildman–Crippen LogP) is 1.84. The SMILES string of the molecule is CC(=O)SC[C@@H](C)C(=O)N1C[C@@H](NC(=O)C[C@H](N)Cc2cc(F)c(F)cc2F)C[C@@]1(C)C(=O)O. The van der Waals surface area contributed by atoms with Gasteiger partial charge in [-0.25, -0.2) is 18.0 Å². The van der Waals surface area contributed by atoms with E-state index in [9.17, 15) is 37.5 Å². The molecule has 12 heteroatoms. The van der Waals surface area contributed by atoms with E-state index < -0.39 is 58.8 Å². The van der Waals surface area contributed by atoms with Crippen molar-refractivity contribution in [1.29, 1.82) is 0 Å². The van der Waals surface area contributed by atoms with E-state index >= 15 is 0 Å². The highest BCUT2D eigenvalue weighted by atomic mass is 32.2. The summed E-state index contributed by atoms with van der Waals surface area (Å²) in [4.78, 5) is 49.7. The smallest absolute Gasteiger partial charge is 0.329 e. The van der Waals surface area contributed by atoms with Crippen LogP contribution >= 0.6 is 11.8 Å². The van der Waals surface area contributed by atoms with E-state index in [-0.39, 0.29) is 42.2 Å². The maximum absolute atomic E-state index is 13.8. The Morgan fingerprint density at radius 3 is 2.44 bits per heavy atom. The predicted molar refractivity (Wildman–Crippen MR) is 119 cm³/mol. The first-order chi connectivity index (χ1) is 15.7. The first kappa shape index (κ1) is 27.6. The van der Waals surface area contributed by atoms with Gasteiger partial charge in [0, 0.05) is 56.1 Å². The number of carbonyl (C=O) groups is 4. The molecule has 0 aromatic heterocycles. The van der Waals surface area contributed by atoms with Gasteiger partial charge in [0.05, 0.1) is 0 Å². The maximum atomic E-state index is 13.8. The Kier molecular flexibility index (Phi) is 9.12. The summed E-state index contributed by atoms with van der Waals surface area (Å²) in [6.07, 6.45) is -0.540. The summed E-state index contributed by atoms with van der Waals surface area (Å²) in [5.74, 6) is -6.17. The van der Waals surface area contributed by atoms with E-state index in [0.717, 1.165) is 11.8 Å². The zero-order valence-corrected chi connectivity index (χ0v) is 19.9. The molecule has 8 nitrogen and oxygen atoms in total. The Morgan fingerprint density at radius 2 is 1.85 bits per heavy atom. The van der Waals surface area contributed by atoms with E-state index in [0.29, 0.717) is 12.1 Å². The van der Waals surface area contributed by atoms with Crippen LogP contribution in [-0.2, 0) is 25.6 Å². The lowest BCUT2D eigenvalue weighted by atomic mass is 9.96. The molecular weight excluding hydrogens is 475 g/mol. The molecule has 34 heavy (non-hydrogen) atoms. The van der Waals surface area contributed by atoms with Gasteiger partial charge in [-0.2, -0.15) is 0 Å². The Balaban J connectivity index is 2.01. The Morgan fingerprint density at radius 1 is 1.24 bits per heavy atom. The Bertz CT molecular complexity index is 979. The Labute approximate surface area is 199 Å². The minimum absolute atomic E-state index is 0.0422. The van der Waals surface area contributed by atoms with Crippen molar-refractivity contribution in [3.05, 3.63) is 35.1 Å². The molecule has 1 heterocycles. The third kappa shape index (κ3) is 6.72. The zero-order chi connectivity index (χ0) is 25.8. The number of hydrogen-bond acceptors (Lipinski definition) is 6. The highest BCUT2D eigenvalue weighted by molar-refractivity contribution is 8.13. The fraction of sp³-hybridized carbons (Fsp3) is 0.545. The van der Waals surface area contributed by atoms with Crippen molar-refractivity contribution in [2.75, 3.05) is 12.3 Å². The number of halogens is 3. The quantitative estimate of drug-likeness (QED) is 0.439. The first-order valence-corrected chi connectivity index (χ1v) is 11.6. The van der Waals surface area contributed by atoms with Crippen LogP contribution in [0.15, 0.2) is 12.1 Å². The second kappa shape index (κ2) is 11.2. The van der Waals surface area contributed by atoms with Crippen LogP contribution in [0.5, 0.6) is 0 Å². The first-order valence-electron chi connectivity index (χ1n) is 10.6. The van der Waals surface area contributed by atoms with Crippen LogP contribution in [0.25, 0.3) is 0 Å². The lowest BCUT2D eigenvalue weighted by Gasteiger charge is -2.32. The van der Waals surface area contributed by atoms with Crippen LogP contribution in [0.2, 0.25) is 0 Å². The van der Waals surface area contributed by atoms with Gasteiger partial charge in [0.1, 0.15) is 11.4 Å².